The maximum atomic E-state index is 12.2. The topological polar surface area (TPSA) is 50.4 Å². The van der Waals surface area contributed by atoms with Crippen molar-refractivity contribution in [1.29, 1.82) is 0 Å². The number of hydrogen-bond acceptors (Lipinski definition) is 3. The lowest BCUT2D eigenvalue weighted by Gasteiger charge is -2.28. The van der Waals surface area contributed by atoms with Crippen LogP contribution in [0.5, 0.6) is 0 Å². The average Bonchev–Trinajstić information content (AvgIpc) is 2.93. The normalized spacial score (nSPS) is 46.2. The van der Waals surface area contributed by atoms with Crippen LogP contribution in [0.15, 0.2) is 0 Å². The second-order valence-electron chi connectivity index (χ2n) is 5.55. The van der Waals surface area contributed by atoms with Gasteiger partial charge in [0, 0.05) is 0 Å². The van der Waals surface area contributed by atoms with Gasteiger partial charge in [0.05, 0.1) is 23.8 Å². The van der Waals surface area contributed by atoms with E-state index in [0.29, 0.717) is 6.10 Å². The molecule has 3 aliphatic heterocycles. The third-order valence-electron chi connectivity index (χ3n) is 4.29. The fourth-order valence-corrected chi connectivity index (χ4v) is 3.21. The fourth-order valence-electron chi connectivity index (χ4n) is 3.21. The summed E-state index contributed by atoms with van der Waals surface area (Å²) in [6.45, 7) is 2.96. The fraction of sp³-hybridized carbons (Fsp3) is 0.917. The van der Waals surface area contributed by atoms with Crippen molar-refractivity contribution in [3.8, 4) is 0 Å². The van der Waals surface area contributed by atoms with Crippen molar-refractivity contribution in [2.45, 2.75) is 62.8 Å². The van der Waals surface area contributed by atoms with Crippen LogP contribution in [0.1, 0.15) is 39.0 Å². The first-order valence-corrected chi connectivity index (χ1v) is 6.39. The number of hydrogen-bond donors (Lipinski definition) is 2. The molecule has 0 saturated carbocycles. The minimum atomic E-state index is -0.345. The van der Waals surface area contributed by atoms with Gasteiger partial charge in [0.15, 0.2) is 0 Å². The SMILES string of the molecule is CC1(C(=O)NC2CC3CCC2O3)CCCN1. The largest absolute Gasteiger partial charge is 0.373 e. The highest BCUT2D eigenvalue weighted by molar-refractivity contribution is 5.86. The Balaban J connectivity index is 1.60. The van der Waals surface area contributed by atoms with E-state index < -0.39 is 0 Å². The summed E-state index contributed by atoms with van der Waals surface area (Å²) < 4.78 is 5.75. The number of amides is 1. The zero-order valence-corrected chi connectivity index (χ0v) is 9.79. The highest BCUT2D eigenvalue weighted by atomic mass is 16.5. The lowest BCUT2D eigenvalue weighted by molar-refractivity contribution is -0.127. The molecule has 3 rings (SSSR count). The third kappa shape index (κ3) is 1.64. The molecule has 0 aliphatic carbocycles. The molecule has 2 bridgehead atoms. The van der Waals surface area contributed by atoms with E-state index in [0.717, 1.165) is 32.2 Å². The molecule has 3 aliphatic rings. The molecule has 1 amide bonds. The Morgan fingerprint density at radius 2 is 2.38 bits per heavy atom. The number of fused-ring (bicyclic) bond motifs is 2. The van der Waals surface area contributed by atoms with Crippen LogP contribution >= 0.6 is 0 Å². The van der Waals surface area contributed by atoms with Gasteiger partial charge in [-0.15, -0.1) is 0 Å². The van der Waals surface area contributed by atoms with Crippen molar-refractivity contribution >= 4 is 5.91 Å². The molecule has 0 aromatic carbocycles. The molecule has 0 aromatic rings. The van der Waals surface area contributed by atoms with Crippen molar-refractivity contribution in [1.82, 2.24) is 10.6 Å². The van der Waals surface area contributed by atoms with Crippen molar-refractivity contribution < 1.29 is 9.53 Å². The van der Waals surface area contributed by atoms with Crippen molar-refractivity contribution in [2.24, 2.45) is 0 Å². The van der Waals surface area contributed by atoms with E-state index in [9.17, 15) is 4.79 Å². The molecule has 4 atom stereocenters. The Morgan fingerprint density at radius 3 is 2.94 bits per heavy atom. The van der Waals surface area contributed by atoms with Crippen LogP contribution in [0.3, 0.4) is 0 Å². The van der Waals surface area contributed by atoms with Gasteiger partial charge in [-0.05, 0) is 45.6 Å². The Hall–Kier alpha value is -0.610. The van der Waals surface area contributed by atoms with E-state index in [-0.39, 0.29) is 23.6 Å². The molecule has 0 spiro atoms. The molecular weight excluding hydrogens is 204 g/mol. The number of rotatable bonds is 2. The molecule has 4 nitrogen and oxygen atoms in total. The monoisotopic (exact) mass is 224 g/mol. The first kappa shape index (κ1) is 10.5. The van der Waals surface area contributed by atoms with E-state index in [2.05, 4.69) is 10.6 Å². The van der Waals surface area contributed by atoms with Gasteiger partial charge in [-0.2, -0.15) is 0 Å². The van der Waals surface area contributed by atoms with Crippen LogP contribution in [0.25, 0.3) is 0 Å². The summed E-state index contributed by atoms with van der Waals surface area (Å²) in [5, 5.41) is 6.46. The molecule has 16 heavy (non-hydrogen) atoms. The summed E-state index contributed by atoms with van der Waals surface area (Å²) in [7, 11) is 0. The lowest BCUT2D eigenvalue weighted by Crippen LogP contribution is -2.55. The Kier molecular flexibility index (Phi) is 2.44. The zero-order valence-electron chi connectivity index (χ0n) is 9.79. The highest BCUT2D eigenvalue weighted by Crippen LogP contribution is 2.34. The van der Waals surface area contributed by atoms with Gasteiger partial charge in [0.2, 0.25) is 5.91 Å². The van der Waals surface area contributed by atoms with Crippen molar-refractivity contribution in [2.75, 3.05) is 6.54 Å². The van der Waals surface area contributed by atoms with Crippen LogP contribution in [-0.4, -0.2) is 36.2 Å². The molecule has 4 unspecified atom stereocenters. The first-order valence-electron chi connectivity index (χ1n) is 6.39. The van der Waals surface area contributed by atoms with Gasteiger partial charge < -0.3 is 15.4 Å². The Morgan fingerprint density at radius 1 is 1.50 bits per heavy atom. The Bertz CT molecular complexity index is 299. The molecule has 3 heterocycles. The molecule has 0 aromatic heterocycles. The second-order valence-corrected chi connectivity index (χ2v) is 5.55. The standard InChI is InChI=1S/C12H20N2O2/c1-12(5-2-6-13-12)11(15)14-9-7-8-3-4-10(9)16-8/h8-10,13H,2-7H2,1H3,(H,14,15). The summed E-state index contributed by atoms with van der Waals surface area (Å²) in [4.78, 5) is 12.2. The molecule has 3 saturated heterocycles. The van der Waals surface area contributed by atoms with Crippen LogP contribution in [-0.2, 0) is 9.53 Å². The van der Waals surface area contributed by atoms with Gasteiger partial charge in [0.1, 0.15) is 0 Å². The quantitative estimate of drug-likeness (QED) is 0.721. The van der Waals surface area contributed by atoms with Gasteiger partial charge in [-0.25, -0.2) is 0 Å². The molecule has 4 heteroatoms. The minimum absolute atomic E-state index is 0.158. The summed E-state index contributed by atoms with van der Waals surface area (Å²) in [5.41, 5.74) is -0.345. The summed E-state index contributed by atoms with van der Waals surface area (Å²) in [5.74, 6) is 0.158. The maximum absolute atomic E-state index is 12.2. The maximum Gasteiger partial charge on any atom is 0.240 e. The van der Waals surface area contributed by atoms with Crippen LogP contribution in [0.4, 0.5) is 0 Å². The molecule has 2 N–H and O–H groups in total. The van der Waals surface area contributed by atoms with Gasteiger partial charge >= 0.3 is 0 Å². The van der Waals surface area contributed by atoms with E-state index in [1.807, 2.05) is 6.92 Å². The number of carbonyl (C=O) groups excluding carboxylic acids is 1. The zero-order chi connectivity index (χ0) is 11.2. The second kappa shape index (κ2) is 3.70. The summed E-state index contributed by atoms with van der Waals surface area (Å²) >= 11 is 0. The molecule has 90 valence electrons. The third-order valence-corrected chi connectivity index (χ3v) is 4.29. The molecule has 3 fully saturated rings. The minimum Gasteiger partial charge on any atom is -0.373 e. The molecule has 0 radical (unpaired) electrons. The van der Waals surface area contributed by atoms with Gasteiger partial charge in [0.25, 0.3) is 0 Å². The van der Waals surface area contributed by atoms with E-state index in [4.69, 9.17) is 4.74 Å². The van der Waals surface area contributed by atoms with E-state index in [1.165, 1.54) is 6.42 Å². The van der Waals surface area contributed by atoms with Crippen LogP contribution in [0.2, 0.25) is 0 Å². The predicted octanol–water partition coefficient (Wildman–Crippen LogP) is 0.565. The first-order chi connectivity index (χ1) is 7.67. The Labute approximate surface area is 96.1 Å². The summed E-state index contributed by atoms with van der Waals surface area (Å²) in [6, 6.07) is 0.255. The number of nitrogens with one attached hydrogen (secondary N) is 2. The van der Waals surface area contributed by atoms with Crippen LogP contribution < -0.4 is 10.6 Å². The highest BCUT2D eigenvalue weighted by Gasteiger charge is 2.44. The lowest BCUT2D eigenvalue weighted by atomic mass is 9.93. The van der Waals surface area contributed by atoms with Crippen LogP contribution in [0, 0.1) is 0 Å². The van der Waals surface area contributed by atoms with Gasteiger partial charge in [-0.3, -0.25) is 4.79 Å². The van der Waals surface area contributed by atoms with Crippen molar-refractivity contribution in [3.05, 3.63) is 0 Å². The van der Waals surface area contributed by atoms with Crippen molar-refractivity contribution in [3.63, 3.8) is 0 Å². The smallest absolute Gasteiger partial charge is 0.240 e. The van der Waals surface area contributed by atoms with Gasteiger partial charge in [-0.1, -0.05) is 0 Å². The summed E-state index contributed by atoms with van der Waals surface area (Å²) in [6.07, 6.45) is 6.01. The number of carbonyl (C=O) groups is 1. The average molecular weight is 224 g/mol. The van der Waals surface area contributed by atoms with E-state index >= 15 is 0 Å². The molecular formula is C12H20N2O2. The number of ether oxygens (including phenoxy) is 1. The van der Waals surface area contributed by atoms with E-state index in [1.54, 1.807) is 0 Å². The predicted molar refractivity (Wildman–Crippen MR) is 60.1 cm³/mol.